The number of H-pyrrole nitrogens is 1. The number of aliphatic hydroxyl groups excluding tert-OH is 1. The average Bonchev–Trinajstić information content (AvgIpc) is 2.63. The van der Waals surface area contributed by atoms with Crippen LogP contribution in [0.25, 0.3) is 0 Å². The minimum Gasteiger partial charge on any atom is -0.390 e. The van der Waals surface area contributed by atoms with Gasteiger partial charge < -0.3 is 26.6 Å². The van der Waals surface area contributed by atoms with Gasteiger partial charge in [-0.25, -0.2) is 4.79 Å². The number of amides is 2. The fraction of sp³-hybridized carbons (Fsp3) is 0.647. The number of rotatable bonds is 7. The lowest BCUT2D eigenvalue weighted by atomic mass is 9.79. The van der Waals surface area contributed by atoms with E-state index in [-0.39, 0.29) is 44.2 Å². The normalized spacial score (nSPS) is 25.9. The van der Waals surface area contributed by atoms with Crippen LogP contribution in [-0.4, -0.2) is 67.3 Å². The van der Waals surface area contributed by atoms with Gasteiger partial charge in [0.25, 0.3) is 5.56 Å². The number of carbonyl (C=O) groups is 2. The number of nitrogens with two attached hydrogens (primary N) is 2. The third-order valence-corrected chi connectivity index (χ3v) is 5.34. The molecule has 2 amide bonds. The summed E-state index contributed by atoms with van der Waals surface area (Å²) in [6.07, 6.45) is 0.956. The zero-order chi connectivity index (χ0) is 21.1. The maximum Gasteiger partial charge on any atom is 0.328 e. The van der Waals surface area contributed by atoms with Gasteiger partial charge in [-0.2, -0.15) is 0 Å². The molecule has 2 rings (SSSR count). The number of primary amides is 1. The lowest BCUT2D eigenvalue weighted by Crippen LogP contribution is -2.55. The molecular weight excluding hydrogens is 370 g/mol. The summed E-state index contributed by atoms with van der Waals surface area (Å²) < 4.78 is 1.13. The highest BCUT2D eigenvalue weighted by Crippen LogP contribution is 2.32. The molecule has 11 nitrogen and oxygen atoms in total. The molecule has 1 aromatic heterocycles. The summed E-state index contributed by atoms with van der Waals surface area (Å²) in [6, 6.07) is -0.0404. The Kier molecular flexibility index (Phi) is 6.75. The maximum absolute atomic E-state index is 12.3. The van der Waals surface area contributed by atoms with E-state index < -0.39 is 34.9 Å². The molecule has 0 aromatic carbocycles. The summed E-state index contributed by atoms with van der Waals surface area (Å²) in [7, 11) is 1.59. The van der Waals surface area contributed by atoms with Crippen LogP contribution in [0.15, 0.2) is 21.9 Å². The van der Waals surface area contributed by atoms with Crippen LogP contribution in [0.3, 0.4) is 0 Å². The Morgan fingerprint density at radius 3 is 2.71 bits per heavy atom. The van der Waals surface area contributed by atoms with Gasteiger partial charge in [0.2, 0.25) is 11.8 Å². The van der Waals surface area contributed by atoms with Gasteiger partial charge in [-0.1, -0.05) is 0 Å². The highest BCUT2D eigenvalue weighted by molar-refractivity contribution is 5.81. The van der Waals surface area contributed by atoms with Crippen LogP contribution in [-0.2, 0) is 16.1 Å². The third kappa shape index (κ3) is 5.06. The molecule has 28 heavy (non-hydrogen) atoms. The summed E-state index contributed by atoms with van der Waals surface area (Å²) in [6.45, 7) is -0.179. The molecule has 1 fully saturated rings. The van der Waals surface area contributed by atoms with E-state index in [1.165, 1.54) is 11.1 Å². The molecule has 4 atom stereocenters. The molecule has 156 valence electrons. The molecule has 0 aliphatic heterocycles. The summed E-state index contributed by atoms with van der Waals surface area (Å²) in [5.74, 6) is -0.915. The smallest absolute Gasteiger partial charge is 0.328 e. The van der Waals surface area contributed by atoms with E-state index in [2.05, 4.69) is 4.98 Å². The Balaban J connectivity index is 1.97. The van der Waals surface area contributed by atoms with Crippen molar-refractivity contribution in [2.75, 3.05) is 7.05 Å². The summed E-state index contributed by atoms with van der Waals surface area (Å²) in [5.41, 5.74) is 7.83. The zero-order valence-corrected chi connectivity index (χ0v) is 15.7. The second kappa shape index (κ2) is 8.67. The largest absolute Gasteiger partial charge is 0.390 e. The SMILES string of the molecule is CN(C(=O)CC[C@H](N)C(N)=O)[C@H]1CC[C@@](O)(Cn2ccc(=O)[nH]c2=O)[C@H](O)C1. The number of hydrogen-bond donors (Lipinski definition) is 5. The lowest BCUT2D eigenvalue weighted by molar-refractivity contribution is -0.144. The molecule has 7 N–H and O–H groups in total. The van der Waals surface area contributed by atoms with Crippen LogP contribution in [0.4, 0.5) is 0 Å². The highest BCUT2D eigenvalue weighted by Gasteiger charge is 2.43. The molecule has 1 aliphatic rings. The molecule has 1 aliphatic carbocycles. The molecule has 1 saturated carbocycles. The van der Waals surface area contributed by atoms with E-state index in [1.54, 1.807) is 7.05 Å². The first-order valence-electron chi connectivity index (χ1n) is 9.04. The van der Waals surface area contributed by atoms with Gasteiger partial charge in [0, 0.05) is 31.8 Å². The first-order valence-corrected chi connectivity index (χ1v) is 9.04. The second-order valence-electron chi connectivity index (χ2n) is 7.34. The number of hydrogen-bond acceptors (Lipinski definition) is 7. The number of nitrogens with one attached hydrogen (secondary N) is 1. The van der Waals surface area contributed by atoms with Crippen molar-refractivity contribution in [2.24, 2.45) is 11.5 Å². The molecule has 0 saturated heterocycles. The highest BCUT2D eigenvalue weighted by atomic mass is 16.3. The Hall–Kier alpha value is -2.50. The van der Waals surface area contributed by atoms with E-state index in [9.17, 15) is 29.4 Å². The number of nitrogens with zero attached hydrogens (tertiary/aromatic N) is 2. The van der Waals surface area contributed by atoms with E-state index in [1.807, 2.05) is 0 Å². The maximum atomic E-state index is 12.3. The predicted molar refractivity (Wildman–Crippen MR) is 99.1 cm³/mol. The van der Waals surface area contributed by atoms with Crippen molar-refractivity contribution in [1.29, 1.82) is 0 Å². The molecule has 1 aromatic rings. The quantitative estimate of drug-likeness (QED) is 0.329. The van der Waals surface area contributed by atoms with Crippen LogP contribution in [0.2, 0.25) is 0 Å². The van der Waals surface area contributed by atoms with Crippen molar-refractivity contribution in [1.82, 2.24) is 14.5 Å². The van der Waals surface area contributed by atoms with Crippen LogP contribution in [0, 0.1) is 0 Å². The third-order valence-electron chi connectivity index (χ3n) is 5.34. The molecule has 0 bridgehead atoms. The van der Waals surface area contributed by atoms with Crippen LogP contribution < -0.4 is 22.7 Å². The summed E-state index contributed by atoms with van der Waals surface area (Å²) in [5, 5.41) is 21.3. The minimum atomic E-state index is -1.56. The van der Waals surface area contributed by atoms with Gasteiger partial charge in [-0.05, 0) is 25.7 Å². The van der Waals surface area contributed by atoms with Crippen molar-refractivity contribution in [3.05, 3.63) is 33.1 Å². The molecule has 0 radical (unpaired) electrons. The fourth-order valence-corrected chi connectivity index (χ4v) is 3.38. The Bertz CT molecular complexity index is 836. The second-order valence-corrected chi connectivity index (χ2v) is 7.34. The van der Waals surface area contributed by atoms with E-state index >= 15 is 0 Å². The Labute approximate surface area is 160 Å². The molecular formula is C17H27N5O6. The van der Waals surface area contributed by atoms with Crippen LogP contribution in [0.5, 0.6) is 0 Å². The molecule has 1 heterocycles. The van der Waals surface area contributed by atoms with Gasteiger partial charge in [-0.3, -0.25) is 23.9 Å². The van der Waals surface area contributed by atoms with Gasteiger partial charge in [0.15, 0.2) is 0 Å². The monoisotopic (exact) mass is 397 g/mol. The number of aromatic nitrogens is 2. The molecule has 0 unspecified atom stereocenters. The Morgan fingerprint density at radius 2 is 2.14 bits per heavy atom. The number of aliphatic hydroxyl groups is 2. The van der Waals surface area contributed by atoms with Crippen LogP contribution >= 0.6 is 0 Å². The predicted octanol–water partition coefficient (Wildman–Crippen LogP) is -2.77. The Morgan fingerprint density at radius 1 is 1.46 bits per heavy atom. The van der Waals surface area contributed by atoms with Crippen molar-refractivity contribution in [3.8, 4) is 0 Å². The van der Waals surface area contributed by atoms with Gasteiger partial charge in [-0.15, -0.1) is 0 Å². The summed E-state index contributed by atoms with van der Waals surface area (Å²) >= 11 is 0. The first-order chi connectivity index (χ1) is 13.0. The first kappa shape index (κ1) is 21.8. The topological polar surface area (TPSA) is 185 Å². The van der Waals surface area contributed by atoms with Crippen molar-refractivity contribution in [2.45, 2.75) is 62.4 Å². The van der Waals surface area contributed by atoms with Gasteiger partial charge in [0.05, 0.1) is 18.7 Å². The summed E-state index contributed by atoms with van der Waals surface area (Å²) in [4.78, 5) is 49.8. The standard InChI is InChI=1S/C17H27N5O6/c1-21(14(25)3-2-11(18)15(19)26)10-4-6-17(28,12(23)8-10)9-22-7-5-13(24)20-16(22)27/h5,7,10-12,23,28H,2-4,6,8-9,18H2,1H3,(H2,19,26)(H,20,24,27)/t10-,11-,12+,17+/m0/s1. The van der Waals surface area contributed by atoms with Gasteiger partial charge >= 0.3 is 5.69 Å². The number of aromatic amines is 1. The average molecular weight is 397 g/mol. The van der Waals surface area contributed by atoms with Crippen molar-refractivity contribution >= 4 is 11.8 Å². The van der Waals surface area contributed by atoms with Crippen LogP contribution in [0.1, 0.15) is 32.1 Å². The zero-order valence-electron chi connectivity index (χ0n) is 15.7. The van der Waals surface area contributed by atoms with Gasteiger partial charge in [0.1, 0.15) is 5.60 Å². The van der Waals surface area contributed by atoms with Crippen molar-refractivity contribution < 1.29 is 19.8 Å². The lowest BCUT2D eigenvalue weighted by Gasteiger charge is -2.43. The number of carbonyl (C=O) groups excluding carboxylic acids is 2. The van der Waals surface area contributed by atoms with E-state index in [4.69, 9.17) is 11.5 Å². The van der Waals surface area contributed by atoms with E-state index in [0.29, 0.717) is 6.42 Å². The molecule has 11 heteroatoms. The fourth-order valence-electron chi connectivity index (χ4n) is 3.38. The minimum absolute atomic E-state index is 0.0459. The van der Waals surface area contributed by atoms with Crippen molar-refractivity contribution in [3.63, 3.8) is 0 Å². The van der Waals surface area contributed by atoms with E-state index in [0.717, 1.165) is 10.6 Å². The molecule has 0 spiro atoms.